The first-order valence-corrected chi connectivity index (χ1v) is 8.37. The summed E-state index contributed by atoms with van der Waals surface area (Å²) in [5, 5.41) is 8.49. The first-order chi connectivity index (χ1) is 11.8. The number of aromatic nitrogens is 5. The lowest BCUT2D eigenvalue weighted by Gasteiger charge is -2.21. The van der Waals surface area contributed by atoms with Crippen LogP contribution in [0.15, 0.2) is 33.7 Å². The van der Waals surface area contributed by atoms with Crippen LogP contribution in [0.1, 0.15) is 37.5 Å². The van der Waals surface area contributed by atoms with Crippen molar-refractivity contribution in [3.8, 4) is 0 Å². The van der Waals surface area contributed by atoms with Gasteiger partial charge in [-0.15, -0.1) is 5.10 Å². The normalized spacial score (nSPS) is 18.6. The Labute approximate surface area is 138 Å². The molecule has 0 radical (unpaired) electrons. The molecule has 0 unspecified atom stereocenters. The third-order valence-corrected chi connectivity index (χ3v) is 4.54. The van der Waals surface area contributed by atoms with Crippen molar-refractivity contribution in [3.63, 3.8) is 0 Å². The Hall–Kier alpha value is -2.48. The van der Waals surface area contributed by atoms with E-state index in [0.717, 1.165) is 38.2 Å². The number of fused-ring (bicyclic) bond motifs is 1. The minimum atomic E-state index is -0.103. The second-order valence-corrected chi connectivity index (χ2v) is 6.03. The zero-order chi connectivity index (χ0) is 16.5. The predicted molar refractivity (Wildman–Crippen MR) is 86.7 cm³/mol. The van der Waals surface area contributed by atoms with E-state index in [1.54, 1.807) is 10.6 Å². The molecule has 8 heteroatoms. The van der Waals surface area contributed by atoms with Crippen molar-refractivity contribution in [1.29, 1.82) is 0 Å². The maximum Gasteiger partial charge on any atom is 0.350 e. The van der Waals surface area contributed by atoms with Gasteiger partial charge in [-0.3, -0.25) is 9.30 Å². The van der Waals surface area contributed by atoms with Crippen LogP contribution < -0.4 is 5.69 Å². The number of likely N-dealkylation sites (tertiary alicyclic amines) is 1. The van der Waals surface area contributed by atoms with Crippen LogP contribution in [-0.4, -0.2) is 42.3 Å². The molecule has 0 bridgehead atoms. The van der Waals surface area contributed by atoms with Gasteiger partial charge < -0.3 is 4.52 Å². The summed E-state index contributed by atoms with van der Waals surface area (Å²) < 4.78 is 8.33. The average molecular weight is 328 g/mol. The molecule has 1 saturated heterocycles. The van der Waals surface area contributed by atoms with Gasteiger partial charge in [-0.05, 0) is 31.5 Å². The number of hydrogen-bond donors (Lipinski definition) is 0. The number of aryl methyl sites for hydroxylation is 1. The molecular formula is C16H20N6O2. The van der Waals surface area contributed by atoms with Gasteiger partial charge in [0.05, 0.1) is 12.6 Å². The molecule has 3 aromatic heterocycles. The topological polar surface area (TPSA) is 81.5 Å². The van der Waals surface area contributed by atoms with Crippen molar-refractivity contribution >= 4 is 5.65 Å². The van der Waals surface area contributed by atoms with Gasteiger partial charge >= 0.3 is 5.69 Å². The third kappa shape index (κ3) is 2.62. The van der Waals surface area contributed by atoms with Crippen LogP contribution in [0.2, 0.25) is 0 Å². The van der Waals surface area contributed by atoms with Gasteiger partial charge in [0.15, 0.2) is 11.5 Å². The van der Waals surface area contributed by atoms with Crippen molar-refractivity contribution in [3.05, 3.63) is 46.6 Å². The molecular weight excluding hydrogens is 308 g/mol. The second-order valence-electron chi connectivity index (χ2n) is 6.03. The minimum Gasteiger partial charge on any atom is -0.339 e. The minimum absolute atomic E-state index is 0.103. The summed E-state index contributed by atoms with van der Waals surface area (Å²) in [5.41, 5.74) is 0.570. The van der Waals surface area contributed by atoms with Gasteiger partial charge in [0.1, 0.15) is 0 Å². The summed E-state index contributed by atoms with van der Waals surface area (Å²) in [5.74, 6) is 1.43. The number of hydrogen-bond acceptors (Lipinski definition) is 6. The monoisotopic (exact) mass is 328 g/mol. The van der Waals surface area contributed by atoms with Gasteiger partial charge in [0.2, 0.25) is 5.89 Å². The molecule has 4 rings (SSSR count). The SMILES string of the molecule is CCc1nc([C@H]2CCCN2CCn2nc3ccccn3c2=O)no1. The molecule has 0 saturated carbocycles. The first kappa shape index (κ1) is 15.1. The highest BCUT2D eigenvalue weighted by atomic mass is 16.5. The molecule has 0 aliphatic carbocycles. The lowest BCUT2D eigenvalue weighted by molar-refractivity contribution is 0.229. The highest BCUT2D eigenvalue weighted by molar-refractivity contribution is 5.35. The fourth-order valence-corrected chi connectivity index (χ4v) is 3.27. The number of rotatable bonds is 5. The van der Waals surface area contributed by atoms with Crippen LogP contribution in [-0.2, 0) is 13.0 Å². The molecule has 0 spiro atoms. The van der Waals surface area contributed by atoms with Gasteiger partial charge in [0.25, 0.3) is 0 Å². The summed E-state index contributed by atoms with van der Waals surface area (Å²) in [6.07, 6.45) is 4.60. The van der Waals surface area contributed by atoms with Crippen LogP contribution in [0.5, 0.6) is 0 Å². The Kier molecular flexibility index (Phi) is 3.89. The van der Waals surface area contributed by atoms with Crippen molar-refractivity contribution in [2.75, 3.05) is 13.1 Å². The van der Waals surface area contributed by atoms with E-state index in [9.17, 15) is 4.79 Å². The van der Waals surface area contributed by atoms with E-state index in [2.05, 4.69) is 20.1 Å². The Morgan fingerprint density at radius 2 is 2.25 bits per heavy atom. The zero-order valence-corrected chi connectivity index (χ0v) is 13.6. The van der Waals surface area contributed by atoms with E-state index in [1.165, 1.54) is 4.68 Å². The van der Waals surface area contributed by atoms with Crippen LogP contribution in [0.25, 0.3) is 5.65 Å². The summed E-state index contributed by atoms with van der Waals surface area (Å²) in [6, 6.07) is 5.71. The number of pyridine rings is 1. The standard InChI is InChI=1S/C16H20N6O2/c1-2-14-17-15(19-24-14)12-6-5-8-20(12)10-11-22-16(23)21-9-4-3-7-13(21)18-22/h3-4,7,9,12H,2,5-6,8,10-11H2,1H3/t12-/m1/s1. The smallest absolute Gasteiger partial charge is 0.339 e. The third-order valence-electron chi connectivity index (χ3n) is 4.54. The fraction of sp³-hybridized carbons (Fsp3) is 0.500. The molecule has 0 amide bonds. The zero-order valence-electron chi connectivity index (χ0n) is 13.6. The Balaban J connectivity index is 1.49. The Morgan fingerprint density at radius 3 is 3.04 bits per heavy atom. The van der Waals surface area contributed by atoms with Gasteiger partial charge in [-0.1, -0.05) is 18.1 Å². The van der Waals surface area contributed by atoms with Gasteiger partial charge in [-0.25, -0.2) is 9.48 Å². The highest BCUT2D eigenvalue weighted by Crippen LogP contribution is 2.29. The van der Waals surface area contributed by atoms with E-state index < -0.39 is 0 Å². The molecule has 126 valence electrons. The van der Waals surface area contributed by atoms with Crippen molar-refractivity contribution < 1.29 is 4.52 Å². The van der Waals surface area contributed by atoms with E-state index >= 15 is 0 Å². The molecule has 4 heterocycles. The first-order valence-electron chi connectivity index (χ1n) is 8.37. The summed E-state index contributed by atoms with van der Waals surface area (Å²) in [6.45, 7) is 4.27. The van der Waals surface area contributed by atoms with Crippen LogP contribution in [0.3, 0.4) is 0 Å². The average Bonchev–Trinajstić information content (AvgIpc) is 3.31. The van der Waals surface area contributed by atoms with Gasteiger partial charge in [-0.2, -0.15) is 4.98 Å². The van der Waals surface area contributed by atoms with Crippen LogP contribution in [0, 0.1) is 0 Å². The summed E-state index contributed by atoms with van der Waals surface area (Å²) in [4.78, 5) is 19.1. The van der Waals surface area contributed by atoms with Crippen molar-refractivity contribution in [1.82, 2.24) is 29.2 Å². The fourth-order valence-electron chi connectivity index (χ4n) is 3.27. The van der Waals surface area contributed by atoms with E-state index in [1.807, 2.05) is 25.1 Å². The molecule has 1 atom stereocenters. The molecule has 0 aromatic carbocycles. The summed E-state index contributed by atoms with van der Waals surface area (Å²) >= 11 is 0. The summed E-state index contributed by atoms with van der Waals surface area (Å²) in [7, 11) is 0. The maximum atomic E-state index is 12.3. The van der Waals surface area contributed by atoms with Crippen LogP contribution in [0.4, 0.5) is 0 Å². The largest absolute Gasteiger partial charge is 0.350 e. The molecule has 1 aliphatic heterocycles. The predicted octanol–water partition coefficient (Wildman–Crippen LogP) is 1.28. The molecule has 3 aromatic rings. The van der Waals surface area contributed by atoms with E-state index in [4.69, 9.17) is 4.52 Å². The Bertz CT molecular complexity index is 895. The lowest BCUT2D eigenvalue weighted by Crippen LogP contribution is -2.31. The molecule has 0 N–H and O–H groups in total. The quantitative estimate of drug-likeness (QED) is 0.702. The van der Waals surface area contributed by atoms with E-state index in [-0.39, 0.29) is 11.7 Å². The molecule has 24 heavy (non-hydrogen) atoms. The van der Waals surface area contributed by atoms with Crippen LogP contribution >= 0.6 is 0 Å². The highest BCUT2D eigenvalue weighted by Gasteiger charge is 2.29. The van der Waals surface area contributed by atoms with Gasteiger partial charge in [0, 0.05) is 19.2 Å². The van der Waals surface area contributed by atoms with Crippen molar-refractivity contribution in [2.45, 2.75) is 38.8 Å². The van der Waals surface area contributed by atoms with E-state index in [0.29, 0.717) is 18.1 Å². The number of nitrogens with zero attached hydrogens (tertiary/aromatic N) is 6. The second kappa shape index (κ2) is 6.20. The Morgan fingerprint density at radius 1 is 1.33 bits per heavy atom. The molecule has 1 fully saturated rings. The maximum absolute atomic E-state index is 12.3. The van der Waals surface area contributed by atoms with Crippen molar-refractivity contribution in [2.24, 2.45) is 0 Å². The lowest BCUT2D eigenvalue weighted by atomic mass is 10.2. The molecule has 8 nitrogen and oxygen atoms in total. The molecule has 1 aliphatic rings.